The number of hydrogen-bond acceptors (Lipinski definition) is 5. The molecule has 5 heteroatoms. The summed E-state index contributed by atoms with van der Waals surface area (Å²) in [5, 5.41) is 3.39. The maximum atomic E-state index is 5.76. The lowest BCUT2D eigenvalue weighted by atomic mass is 10.2. The number of hydrogen-bond donors (Lipinski definition) is 1. The molecular weight excluding hydrogens is 270 g/mol. The average molecular weight is 295 g/mol. The average Bonchev–Trinajstić information content (AvgIpc) is 2.79. The van der Waals surface area contributed by atoms with E-state index in [9.17, 15) is 0 Å². The van der Waals surface area contributed by atoms with Gasteiger partial charge < -0.3 is 24.3 Å². The van der Waals surface area contributed by atoms with Gasteiger partial charge in [0.2, 0.25) is 0 Å². The first-order valence-electron chi connectivity index (χ1n) is 7.36. The Morgan fingerprint density at radius 1 is 1.33 bits per heavy atom. The van der Waals surface area contributed by atoms with Crippen LogP contribution in [0, 0.1) is 0 Å². The Labute approximate surface area is 126 Å². The summed E-state index contributed by atoms with van der Waals surface area (Å²) in [6.45, 7) is 8.60. The van der Waals surface area contributed by atoms with Gasteiger partial charge in [-0.3, -0.25) is 0 Å². The molecule has 1 unspecified atom stereocenters. The summed E-state index contributed by atoms with van der Waals surface area (Å²) in [5.41, 5.74) is 1.15. The zero-order chi connectivity index (χ0) is 15.3. The molecule has 1 saturated heterocycles. The van der Waals surface area contributed by atoms with Gasteiger partial charge in [0.05, 0.1) is 26.4 Å². The van der Waals surface area contributed by atoms with Crippen molar-refractivity contribution < 1.29 is 18.9 Å². The third kappa shape index (κ3) is 4.59. The van der Waals surface area contributed by atoms with Crippen molar-refractivity contribution in [1.29, 1.82) is 0 Å². The number of ether oxygens (including phenoxy) is 4. The Hall–Kier alpha value is -1.30. The Morgan fingerprint density at radius 2 is 2.14 bits per heavy atom. The van der Waals surface area contributed by atoms with Crippen molar-refractivity contribution in [2.24, 2.45) is 0 Å². The molecule has 5 nitrogen and oxygen atoms in total. The highest BCUT2D eigenvalue weighted by Crippen LogP contribution is 2.28. The van der Waals surface area contributed by atoms with E-state index in [0.29, 0.717) is 13.2 Å². The lowest BCUT2D eigenvalue weighted by molar-refractivity contribution is -0.137. The highest BCUT2D eigenvalue weighted by molar-refractivity contribution is 5.42. The van der Waals surface area contributed by atoms with E-state index in [1.54, 1.807) is 7.11 Å². The number of methoxy groups -OCH3 is 1. The van der Waals surface area contributed by atoms with E-state index in [1.807, 2.05) is 39.0 Å². The van der Waals surface area contributed by atoms with Gasteiger partial charge in [-0.25, -0.2) is 0 Å². The van der Waals surface area contributed by atoms with Crippen LogP contribution < -0.4 is 14.8 Å². The molecule has 1 aliphatic heterocycles. The van der Waals surface area contributed by atoms with Crippen LogP contribution in [0.15, 0.2) is 18.2 Å². The van der Waals surface area contributed by atoms with Crippen molar-refractivity contribution >= 4 is 0 Å². The molecule has 1 fully saturated rings. The Kier molecular flexibility index (Phi) is 5.45. The molecule has 0 bridgehead atoms. The highest BCUT2D eigenvalue weighted by Gasteiger charge is 2.32. The number of benzene rings is 1. The first-order valence-corrected chi connectivity index (χ1v) is 7.36. The normalized spacial score (nSPS) is 20.5. The summed E-state index contributed by atoms with van der Waals surface area (Å²) in [6, 6.07) is 5.97. The molecule has 0 saturated carbocycles. The molecule has 1 N–H and O–H groups in total. The number of nitrogens with one attached hydrogen (secondary N) is 1. The topological polar surface area (TPSA) is 49.0 Å². The Bertz CT molecular complexity index is 462. The zero-order valence-electron chi connectivity index (χ0n) is 13.3. The van der Waals surface area contributed by atoms with Crippen LogP contribution in [-0.2, 0) is 16.0 Å². The monoisotopic (exact) mass is 295 g/mol. The minimum Gasteiger partial charge on any atom is -0.493 e. The van der Waals surface area contributed by atoms with E-state index in [1.165, 1.54) is 0 Å². The van der Waals surface area contributed by atoms with Gasteiger partial charge in [-0.05, 0) is 38.5 Å². The van der Waals surface area contributed by atoms with E-state index >= 15 is 0 Å². The molecule has 0 spiro atoms. The van der Waals surface area contributed by atoms with Crippen molar-refractivity contribution in [3.63, 3.8) is 0 Å². The molecule has 2 rings (SSSR count). The van der Waals surface area contributed by atoms with Crippen LogP contribution in [-0.4, -0.2) is 38.8 Å². The molecule has 21 heavy (non-hydrogen) atoms. The van der Waals surface area contributed by atoms with Crippen molar-refractivity contribution in [2.75, 3.05) is 26.9 Å². The predicted octanol–water partition coefficient (Wildman–Crippen LogP) is 2.33. The van der Waals surface area contributed by atoms with Gasteiger partial charge in [0.15, 0.2) is 17.3 Å². The van der Waals surface area contributed by atoms with E-state index in [-0.39, 0.29) is 6.10 Å². The molecule has 118 valence electrons. The third-order valence-electron chi connectivity index (χ3n) is 3.30. The van der Waals surface area contributed by atoms with Crippen LogP contribution in [0.5, 0.6) is 11.5 Å². The fourth-order valence-electron chi connectivity index (χ4n) is 2.34. The fourth-order valence-corrected chi connectivity index (χ4v) is 2.34. The lowest BCUT2D eigenvalue weighted by Crippen LogP contribution is -2.30. The second-order valence-electron chi connectivity index (χ2n) is 5.50. The quantitative estimate of drug-likeness (QED) is 0.836. The molecule has 1 heterocycles. The van der Waals surface area contributed by atoms with Crippen molar-refractivity contribution in [2.45, 2.75) is 39.2 Å². The van der Waals surface area contributed by atoms with Crippen molar-refractivity contribution in [1.82, 2.24) is 5.32 Å². The van der Waals surface area contributed by atoms with Crippen LogP contribution in [0.4, 0.5) is 0 Å². The van der Waals surface area contributed by atoms with Gasteiger partial charge in [0, 0.05) is 13.1 Å². The Balaban J connectivity index is 1.84. The fraction of sp³-hybridized carbons (Fsp3) is 0.625. The van der Waals surface area contributed by atoms with E-state index in [4.69, 9.17) is 18.9 Å². The smallest absolute Gasteiger partial charge is 0.163 e. The summed E-state index contributed by atoms with van der Waals surface area (Å²) in [6.07, 6.45) is 0.101. The summed E-state index contributed by atoms with van der Waals surface area (Å²) in [5.74, 6) is 1.07. The van der Waals surface area contributed by atoms with Crippen molar-refractivity contribution in [3.05, 3.63) is 23.8 Å². The molecule has 0 radical (unpaired) electrons. The zero-order valence-corrected chi connectivity index (χ0v) is 13.3. The molecular formula is C16H25NO4. The van der Waals surface area contributed by atoms with Gasteiger partial charge in [-0.2, -0.15) is 0 Å². The molecule has 1 atom stereocenters. The summed E-state index contributed by atoms with van der Waals surface area (Å²) in [7, 11) is 1.65. The van der Waals surface area contributed by atoms with Crippen LogP contribution in [0.25, 0.3) is 0 Å². The predicted molar refractivity (Wildman–Crippen MR) is 80.8 cm³/mol. The molecule has 1 aromatic rings. The SMILES string of the molecule is CCOc1cc(CNCC2COC(C)(C)O2)ccc1OC. The molecule has 0 aromatic heterocycles. The van der Waals surface area contributed by atoms with E-state index in [2.05, 4.69) is 5.32 Å². The minimum atomic E-state index is -0.464. The number of rotatable bonds is 7. The van der Waals surface area contributed by atoms with Gasteiger partial charge in [-0.1, -0.05) is 6.07 Å². The molecule has 0 amide bonds. The first-order chi connectivity index (χ1) is 10.0. The lowest BCUT2D eigenvalue weighted by Gasteiger charge is -2.17. The maximum Gasteiger partial charge on any atom is 0.163 e. The van der Waals surface area contributed by atoms with Gasteiger partial charge in [-0.15, -0.1) is 0 Å². The molecule has 1 aliphatic rings. The maximum absolute atomic E-state index is 5.76. The first kappa shape index (κ1) is 16.1. The summed E-state index contributed by atoms with van der Waals surface area (Å²) < 4.78 is 22.2. The van der Waals surface area contributed by atoms with E-state index in [0.717, 1.165) is 30.2 Å². The van der Waals surface area contributed by atoms with Crippen molar-refractivity contribution in [3.8, 4) is 11.5 Å². The van der Waals surface area contributed by atoms with Crippen LogP contribution in [0.1, 0.15) is 26.3 Å². The summed E-state index contributed by atoms with van der Waals surface area (Å²) in [4.78, 5) is 0. The minimum absolute atomic E-state index is 0.101. The van der Waals surface area contributed by atoms with Gasteiger partial charge in [0.25, 0.3) is 0 Å². The Morgan fingerprint density at radius 3 is 2.76 bits per heavy atom. The molecule has 1 aromatic carbocycles. The molecule has 0 aliphatic carbocycles. The summed E-state index contributed by atoms with van der Waals surface area (Å²) >= 11 is 0. The van der Waals surface area contributed by atoms with Crippen LogP contribution >= 0.6 is 0 Å². The van der Waals surface area contributed by atoms with Gasteiger partial charge in [0.1, 0.15) is 0 Å². The van der Waals surface area contributed by atoms with Crippen LogP contribution in [0.2, 0.25) is 0 Å². The van der Waals surface area contributed by atoms with Crippen LogP contribution in [0.3, 0.4) is 0 Å². The standard InChI is InChI=1S/C16H25NO4/c1-5-19-15-8-12(6-7-14(15)18-4)9-17-10-13-11-20-16(2,3)21-13/h6-8,13,17H,5,9-11H2,1-4H3. The van der Waals surface area contributed by atoms with Gasteiger partial charge >= 0.3 is 0 Å². The second-order valence-corrected chi connectivity index (χ2v) is 5.50. The third-order valence-corrected chi connectivity index (χ3v) is 3.30. The second kappa shape index (κ2) is 7.11. The van der Waals surface area contributed by atoms with E-state index < -0.39 is 5.79 Å². The largest absolute Gasteiger partial charge is 0.493 e. The highest BCUT2D eigenvalue weighted by atomic mass is 16.7.